The van der Waals surface area contributed by atoms with E-state index in [1.807, 2.05) is 10.3 Å². The Kier molecular flexibility index (Phi) is 4.70. The van der Waals surface area contributed by atoms with Gasteiger partial charge >= 0.3 is 6.03 Å². The number of nitrogens with one attached hydrogen (secondary N) is 1. The summed E-state index contributed by atoms with van der Waals surface area (Å²) >= 11 is 0. The Morgan fingerprint density at radius 3 is 2.71 bits per heavy atom. The van der Waals surface area contributed by atoms with Gasteiger partial charge in [0, 0.05) is 24.7 Å². The van der Waals surface area contributed by atoms with Crippen LogP contribution in [0.2, 0.25) is 0 Å². The van der Waals surface area contributed by atoms with Gasteiger partial charge in [0.1, 0.15) is 5.69 Å². The summed E-state index contributed by atoms with van der Waals surface area (Å²) in [5.41, 5.74) is 8.12. The molecule has 2 rings (SSSR count). The zero-order valence-corrected chi connectivity index (χ0v) is 11.5. The number of benzene rings is 1. The summed E-state index contributed by atoms with van der Waals surface area (Å²) in [7, 11) is 0. The highest BCUT2D eigenvalue weighted by atomic mass is 16.6. The number of urea groups is 1. The predicted octanol–water partition coefficient (Wildman–Crippen LogP) is 1.59. The Morgan fingerprint density at radius 2 is 2.10 bits per heavy atom. The van der Waals surface area contributed by atoms with E-state index in [2.05, 4.69) is 5.10 Å². The molecule has 1 aliphatic rings. The standard InChI is InChI=1S/C13H17N5O3/c14-13(19)16-15-9-10-4-5-11(12(8-10)18(20)21)17-6-2-1-3-7-17/h4-5,8-9H,1-3,6-7H2,(H3,14,16,19). The van der Waals surface area contributed by atoms with Crippen molar-refractivity contribution in [2.24, 2.45) is 10.8 Å². The second kappa shape index (κ2) is 6.69. The Labute approximate surface area is 121 Å². The molecule has 21 heavy (non-hydrogen) atoms. The SMILES string of the molecule is NC(=O)NN=Cc1ccc(N2CCCCC2)c([N+](=O)[O-])c1. The number of carbonyl (C=O) groups is 1. The van der Waals surface area contributed by atoms with Crippen LogP contribution in [-0.2, 0) is 0 Å². The van der Waals surface area contributed by atoms with Crippen molar-refractivity contribution in [1.82, 2.24) is 5.43 Å². The van der Waals surface area contributed by atoms with Gasteiger partial charge in [0.05, 0.1) is 11.1 Å². The van der Waals surface area contributed by atoms with Crippen LogP contribution in [0.3, 0.4) is 0 Å². The molecular formula is C13H17N5O3. The van der Waals surface area contributed by atoms with E-state index < -0.39 is 11.0 Å². The van der Waals surface area contributed by atoms with Gasteiger partial charge in [-0.1, -0.05) is 6.07 Å². The number of rotatable bonds is 4. The van der Waals surface area contributed by atoms with Crippen LogP contribution in [0.15, 0.2) is 23.3 Å². The van der Waals surface area contributed by atoms with Gasteiger partial charge in [0.25, 0.3) is 5.69 Å². The Balaban J connectivity index is 2.24. The molecule has 0 bridgehead atoms. The summed E-state index contributed by atoms with van der Waals surface area (Å²) in [4.78, 5) is 23.4. The number of hydrogen-bond donors (Lipinski definition) is 2. The van der Waals surface area contributed by atoms with Gasteiger partial charge < -0.3 is 10.6 Å². The number of piperidine rings is 1. The fourth-order valence-electron chi connectivity index (χ4n) is 2.34. The molecule has 0 aliphatic carbocycles. The lowest BCUT2D eigenvalue weighted by molar-refractivity contribution is -0.384. The molecule has 1 aliphatic heterocycles. The van der Waals surface area contributed by atoms with Gasteiger partial charge in [-0.3, -0.25) is 10.1 Å². The molecule has 0 saturated carbocycles. The third-order valence-corrected chi connectivity index (χ3v) is 3.28. The van der Waals surface area contributed by atoms with E-state index in [9.17, 15) is 14.9 Å². The minimum atomic E-state index is -0.786. The molecular weight excluding hydrogens is 274 g/mol. The van der Waals surface area contributed by atoms with Crippen molar-refractivity contribution in [1.29, 1.82) is 0 Å². The number of amides is 2. The summed E-state index contributed by atoms with van der Waals surface area (Å²) in [5, 5.41) is 14.8. The Bertz CT molecular complexity index is 567. The minimum absolute atomic E-state index is 0.0416. The van der Waals surface area contributed by atoms with E-state index in [0.717, 1.165) is 32.4 Å². The number of nitro groups is 1. The maximum Gasteiger partial charge on any atom is 0.332 e. The van der Waals surface area contributed by atoms with Crippen LogP contribution < -0.4 is 16.1 Å². The van der Waals surface area contributed by atoms with E-state index in [1.165, 1.54) is 12.3 Å². The quantitative estimate of drug-likeness (QED) is 0.498. The summed E-state index contributed by atoms with van der Waals surface area (Å²) in [6, 6.07) is 4.10. The van der Waals surface area contributed by atoms with Gasteiger partial charge in [-0.15, -0.1) is 0 Å². The molecule has 3 N–H and O–H groups in total. The molecule has 8 nitrogen and oxygen atoms in total. The number of nitrogens with two attached hydrogens (primary N) is 1. The van der Waals surface area contributed by atoms with E-state index in [4.69, 9.17) is 5.73 Å². The summed E-state index contributed by atoms with van der Waals surface area (Å²) < 4.78 is 0. The molecule has 1 aromatic carbocycles. The topological polar surface area (TPSA) is 114 Å². The number of anilines is 1. The lowest BCUT2D eigenvalue weighted by Gasteiger charge is -2.28. The number of primary amides is 1. The smallest absolute Gasteiger partial charge is 0.332 e. The van der Waals surface area contributed by atoms with Gasteiger partial charge in [-0.05, 0) is 25.3 Å². The van der Waals surface area contributed by atoms with Crippen molar-refractivity contribution in [3.8, 4) is 0 Å². The van der Waals surface area contributed by atoms with Crippen molar-refractivity contribution in [2.45, 2.75) is 19.3 Å². The van der Waals surface area contributed by atoms with Crippen molar-refractivity contribution in [3.63, 3.8) is 0 Å². The fraction of sp³-hybridized carbons (Fsp3) is 0.385. The van der Waals surface area contributed by atoms with Crippen molar-refractivity contribution >= 4 is 23.6 Å². The molecule has 0 atom stereocenters. The highest BCUT2D eigenvalue weighted by Crippen LogP contribution is 2.30. The van der Waals surface area contributed by atoms with E-state index in [1.54, 1.807) is 12.1 Å². The molecule has 1 heterocycles. The van der Waals surface area contributed by atoms with Crippen LogP contribution >= 0.6 is 0 Å². The summed E-state index contributed by atoms with van der Waals surface area (Å²) in [6.45, 7) is 1.66. The van der Waals surface area contributed by atoms with E-state index in [0.29, 0.717) is 11.3 Å². The Hall–Kier alpha value is -2.64. The minimum Gasteiger partial charge on any atom is -0.366 e. The maximum absolute atomic E-state index is 11.2. The number of carbonyl (C=O) groups excluding carboxylic acids is 1. The van der Waals surface area contributed by atoms with Crippen LogP contribution in [0.1, 0.15) is 24.8 Å². The molecule has 1 fully saturated rings. The molecule has 0 aromatic heterocycles. The van der Waals surface area contributed by atoms with Crippen molar-refractivity contribution in [3.05, 3.63) is 33.9 Å². The third kappa shape index (κ3) is 3.91. The molecule has 1 aromatic rings. The first-order chi connectivity index (χ1) is 10.1. The second-order valence-electron chi connectivity index (χ2n) is 4.79. The molecule has 2 amide bonds. The number of nitro benzene ring substituents is 1. The van der Waals surface area contributed by atoms with Gasteiger partial charge in [-0.2, -0.15) is 5.10 Å². The third-order valence-electron chi connectivity index (χ3n) is 3.28. The lowest BCUT2D eigenvalue weighted by atomic mass is 10.1. The summed E-state index contributed by atoms with van der Waals surface area (Å²) in [6.07, 6.45) is 4.57. The molecule has 0 unspecified atom stereocenters. The van der Waals surface area contributed by atoms with E-state index in [-0.39, 0.29) is 5.69 Å². The average molecular weight is 291 g/mol. The Morgan fingerprint density at radius 1 is 1.38 bits per heavy atom. The molecule has 1 saturated heterocycles. The van der Waals surface area contributed by atoms with Crippen LogP contribution in [0.5, 0.6) is 0 Å². The van der Waals surface area contributed by atoms with Crippen molar-refractivity contribution < 1.29 is 9.72 Å². The van der Waals surface area contributed by atoms with Crippen molar-refractivity contribution in [2.75, 3.05) is 18.0 Å². The normalized spacial score (nSPS) is 15.1. The lowest BCUT2D eigenvalue weighted by Crippen LogP contribution is -2.30. The highest BCUT2D eigenvalue weighted by molar-refractivity contribution is 5.84. The van der Waals surface area contributed by atoms with Gasteiger partial charge in [0.15, 0.2) is 0 Å². The number of nitrogens with zero attached hydrogens (tertiary/aromatic N) is 3. The zero-order chi connectivity index (χ0) is 15.2. The summed E-state index contributed by atoms with van der Waals surface area (Å²) in [5.74, 6) is 0. The maximum atomic E-state index is 11.2. The van der Waals surface area contributed by atoms with E-state index >= 15 is 0 Å². The monoisotopic (exact) mass is 291 g/mol. The first kappa shape index (κ1) is 14.8. The fourth-order valence-corrected chi connectivity index (χ4v) is 2.34. The number of hydrogen-bond acceptors (Lipinski definition) is 5. The van der Waals surface area contributed by atoms with Crippen LogP contribution in [0.25, 0.3) is 0 Å². The molecule has 0 spiro atoms. The van der Waals surface area contributed by atoms with Gasteiger partial charge in [-0.25, -0.2) is 10.2 Å². The average Bonchev–Trinajstić information content (AvgIpc) is 2.47. The molecule has 0 radical (unpaired) electrons. The largest absolute Gasteiger partial charge is 0.366 e. The predicted molar refractivity (Wildman–Crippen MR) is 79.5 cm³/mol. The molecule has 112 valence electrons. The number of hydrazone groups is 1. The first-order valence-corrected chi connectivity index (χ1v) is 6.70. The second-order valence-corrected chi connectivity index (χ2v) is 4.79. The van der Waals surface area contributed by atoms with Crippen LogP contribution in [0.4, 0.5) is 16.2 Å². The molecule has 8 heteroatoms. The van der Waals surface area contributed by atoms with Crippen LogP contribution in [0, 0.1) is 10.1 Å². The zero-order valence-electron chi connectivity index (χ0n) is 11.5. The first-order valence-electron chi connectivity index (χ1n) is 6.70. The van der Waals surface area contributed by atoms with Gasteiger partial charge in [0.2, 0.25) is 0 Å². The highest BCUT2D eigenvalue weighted by Gasteiger charge is 2.21. The van der Waals surface area contributed by atoms with Crippen LogP contribution in [-0.4, -0.2) is 30.3 Å².